The van der Waals surface area contributed by atoms with E-state index in [0.29, 0.717) is 0 Å². The molecule has 0 bridgehead atoms. The predicted molar refractivity (Wildman–Crippen MR) is 149 cm³/mol. The van der Waals surface area contributed by atoms with Gasteiger partial charge < -0.3 is 5.32 Å². The van der Waals surface area contributed by atoms with Crippen LogP contribution in [-0.2, 0) is 0 Å². The van der Waals surface area contributed by atoms with Crippen molar-refractivity contribution in [3.63, 3.8) is 0 Å². The molecule has 32 heavy (non-hydrogen) atoms. The van der Waals surface area contributed by atoms with Crippen molar-refractivity contribution in [3.8, 4) is 0 Å². The quantitative estimate of drug-likeness (QED) is 0.117. The summed E-state index contributed by atoms with van der Waals surface area (Å²) in [6.45, 7) is 4.61. The first-order valence-electron chi connectivity index (χ1n) is 15.5. The maximum atomic E-state index is 3.59. The van der Waals surface area contributed by atoms with E-state index in [1.54, 1.807) is 0 Å². The fourth-order valence-electron chi connectivity index (χ4n) is 5.07. The van der Waals surface area contributed by atoms with Gasteiger partial charge in [-0.15, -0.1) is 0 Å². The van der Waals surface area contributed by atoms with E-state index in [-0.39, 0.29) is 0 Å². The van der Waals surface area contributed by atoms with E-state index < -0.39 is 0 Å². The van der Waals surface area contributed by atoms with Crippen molar-refractivity contribution in [2.75, 3.05) is 7.05 Å². The lowest BCUT2D eigenvalue weighted by Gasteiger charge is -2.16. The van der Waals surface area contributed by atoms with Gasteiger partial charge in [0, 0.05) is 6.04 Å². The summed E-state index contributed by atoms with van der Waals surface area (Å²) < 4.78 is 0. The predicted octanol–water partition coefficient (Wildman–Crippen LogP) is 11.1. The van der Waals surface area contributed by atoms with Gasteiger partial charge in [-0.1, -0.05) is 174 Å². The molecule has 0 aliphatic carbocycles. The Morgan fingerprint density at radius 1 is 0.344 bits per heavy atom. The summed E-state index contributed by atoms with van der Waals surface area (Å²) in [5.74, 6) is 0. The molecular weight excluding hydrogens is 386 g/mol. The van der Waals surface area contributed by atoms with Gasteiger partial charge in [-0.05, 0) is 19.9 Å². The zero-order valence-electron chi connectivity index (χ0n) is 23.2. The number of hydrogen-bond donors (Lipinski definition) is 1. The van der Waals surface area contributed by atoms with Gasteiger partial charge in [0.05, 0.1) is 0 Å². The van der Waals surface area contributed by atoms with Gasteiger partial charge in [0.2, 0.25) is 0 Å². The highest BCUT2D eigenvalue weighted by Crippen LogP contribution is 2.16. The molecule has 1 unspecified atom stereocenters. The van der Waals surface area contributed by atoms with Gasteiger partial charge in [-0.3, -0.25) is 0 Å². The van der Waals surface area contributed by atoms with E-state index in [0.717, 1.165) is 6.04 Å². The molecule has 0 spiro atoms. The standard InChI is InChI=1S/C31H65N/c1-4-6-8-10-12-14-16-18-20-22-24-26-28-30-31(32-3)29-27-25-23-21-19-17-15-13-11-9-7-5-2/h31-32H,4-30H2,1-3H3. The van der Waals surface area contributed by atoms with Crippen LogP contribution in [0.4, 0.5) is 0 Å². The van der Waals surface area contributed by atoms with E-state index in [1.807, 2.05) is 0 Å². The highest BCUT2D eigenvalue weighted by Gasteiger charge is 2.05. The van der Waals surface area contributed by atoms with Crippen LogP contribution in [0.5, 0.6) is 0 Å². The van der Waals surface area contributed by atoms with Crippen molar-refractivity contribution in [1.82, 2.24) is 5.32 Å². The van der Waals surface area contributed by atoms with E-state index in [9.17, 15) is 0 Å². The lowest BCUT2D eigenvalue weighted by Crippen LogP contribution is -2.24. The SMILES string of the molecule is CCCCCCCCCCCCCCCC(CCCCCCCCCCCCCC)NC. The van der Waals surface area contributed by atoms with Crippen LogP contribution in [0.1, 0.15) is 187 Å². The molecule has 0 heterocycles. The summed E-state index contributed by atoms with van der Waals surface area (Å²) in [6, 6.07) is 0.769. The molecule has 1 N–H and O–H groups in total. The van der Waals surface area contributed by atoms with Gasteiger partial charge in [0.25, 0.3) is 0 Å². The molecule has 0 saturated heterocycles. The van der Waals surface area contributed by atoms with E-state index in [2.05, 4.69) is 26.2 Å². The maximum Gasteiger partial charge on any atom is 0.00640 e. The van der Waals surface area contributed by atoms with Crippen LogP contribution in [0.3, 0.4) is 0 Å². The zero-order chi connectivity index (χ0) is 23.4. The summed E-state index contributed by atoms with van der Waals surface area (Å²) in [7, 11) is 2.17. The first-order valence-corrected chi connectivity index (χ1v) is 15.5. The Bertz CT molecular complexity index is 314. The summed E-state index contributed by atoms with van der Waals surface area (Å²) in [5.41, 5.74) is 0. The Morgan fingerprint density at radius 2 is 0.562 bits per heavy atom. The van der Waals surface area contributed by atoms with Crippen molar-refractivity contribution in [1.29, 1.82) is 0 Å². The molecule has 0 aliphatic rings. The fourth-order valence-corrected chi connectivity index (χ4v) is 5.07. The highest BCUT2D eigenvalue weighted by atomic mass is 14.9. The van der Waals surface area contributed by atoms with E-state index >= 15 is 0 Å². The van der Waals surface area contributed by atoms with Crippen LogP contribution in [0.15, 0.2) is 0 Å². The number of hydrogen-bond acceptors (Lipinski definition) is 1. The van der Waals surface area contributed by atoms with Crippen LogP contribution in [0.25, 0.3) is 0 Å². The normalized spacial score (nSPS) is 12.5. The summed E-state index contributed by atoms with van der Waals surface area (Å²) in [6.07, 6.45) is 39.2. The second-order valence-corrected chi connectivity index (χ2v) is 10.7. The Hall–Kier alpha value is -0.0400. The second kappa shape index (κ2) is 29.0. The molecule has 0 radical (unpaired) electrons. The average Bonchev–Trinajstić information content (AvgIpc) is 2.81. The minimum absolute atomic E-state index is 0.769. The Labute approximate surface area is 205 Å². The van der Waals surface area contributed by atoms with Crippen molar-refractivity contribution in [2.45, 2.75) is 193 Å². The average molecular weight is 452 g/mol. The Kier molecular flexibility index (Phi) is 29.0. The van der Waals surface area contributed by atoms with E-state index in [1.165, 1.54) is 173 Å². The van der Waals surface area contributed by atoms with Crippen LogP contribution in [-0.4, -0.2) is 13.1 Å². The summed E-state index contributed by atoms with van der Waals surface area (Å²) >= 11 is 0. The van der Waals surface area contributed by atoms with Gasteiger partial charge >= 0.3 is 0 Å². The highest BCUT2D eigenvalue weighted by molar-refractivity contribution is 4.65. The van der Waals surface area contributed by atoms with Gasteiger partial charge in [-0.25, -0.2) is 0 Å². The molecule has 0 amide bonds. The topological polar surface area (TPSA) is 12.0 Å². The molecule has 0 saturated carbocycles. The van der Waals surface area contributed by atoms with Gasteiger partial charge in [0.15, 0.2) is 0 Å². The maximum absolute atomic E-state index is 3.59. The molecule has 1 atom stereocenters. The van der Waals surface area contributed by atoms with E-state index in [4.69, 9.17) is 0 Å². The molecular formula is C31H65N. The molecule has 0 fully saturated rings. The smallest absolute Gasteiger partial charge is 0.00640 e. The minimum Gasteiger partial charge on any atom is -0.317 e. The molecule has 0 aliphatic heterocycles. The fraction of sp³-hybridized carbons (Fsp3) is 1.00. The van der Waals surface area contributed by atoms with Gasteiger partial charge in [-0.2, -0.15) is 0 Å². The van der Waals surface area contributed by atoms with Crippen LogP contribution < -0.4 is 5.32 Å². The second-order valence-electron chi connectivity index (χ2n) is 10.7. The number of rotatable bonds is 28. The lowest BCUT2D eigenvalue weighted by molar-refractivity contribution is 0.434. The molecule has 0 aromatic heterocycles. The van der Waals surface area contributed by atoms with Crippen molar-refractivity contribution in [2.24, 2.45) is 0 Å². The first-order chi connectivity index (χ1) is 15.8. The first kappa shape index (κ1) is 32.0. The molecule has 1 nitrogen and oxygen atoms in total. The monoisotopic (exact) mass is 452 g/mol. The third-order valence-electron chi connectivity index (χ3n) is 7.47. The summed E-state index contributed by atoms with van der Waals surface area (Å²) in [5, 5.41) is 3.59. The molecule has 1 heteroatoms. The third kappa shape index (κ3) is 26.2. The third-order valence-corrected chi connectivity index (χ3v) is 7.47. The summed E-state index contributed by atoms with van der Waals surface area (Å²) in [4.78, 5) is 0. The van der Waals surface area contributed by atoms with Crippen LogP contribution >= 0.6 is 0 Å². The zero-order valence-corrected chi connectivity index (χ0v) is 23.2. The molecule has 0 aromatic carbocycles. The van der Waals surface area contributed by atoms with Gasteiger partial charge in [0.1, 0.15) is 0 Å². The van der Waals surface area contributed by atoms with Crippen molar-refractivity contribution in [3.05, 3.63) is 0 Å². The Morgan fingerprint density at radius 3 is 0.781 bits per heavy atom. The Balaban J connectivity index is 3.26. The minimum atomic E-state index is 0.769. The molecule has 194 valence electrons. The lowest BCUT2D eigenvalue weighted by atomic mass is 9.99. The molecule has 0 aromatic rings. The van der Waals surface area contributed by atoms with Crippen LogP contribution in [0.2, 0.25) is 0 Å². The van der Waals surface area contributed by atoms with Crippen LogP contribution in [0, 0.1) is 0 Å². The van der Waals surface area contributed by atoms with Crippen molar-refractivity contribution < 1.29 is 0 Å². The molecule has 0 rings (SSSR count). The van der Waals surface area contributed by atoms with Crippen molar-refractivity contribution >= 4 is 0 Å². The number of unbranched alkanes of at least 4 members (excludes halogenated alkanes) is 23. The largest absolute Gasteiger partial charge is 0.317 e. The number of nitrogens with one attached hydrogen (secondary N) is 1.